The number of aromatic nitrogens is 1. The van der Waals surface area contributed by atoms with Crippen LogP contribution in [0.4, 0.5) is 0 Å². The summed E-state index contributed by atoms with van der Waals surface area (Å²) >= 11 is 4.02. The second kappa shape index (κ2) is 8.29. The fourth-order valence-corrected chi connectivity index (χ4v) is 4.00. The molecule has 0 aromatic carbocycles. The van der Waals surface area contributed by atoms with Crippen molar-refractivity contribution in [2.45, 2.75) is 72.0 Å². The van der Waals surface area contributed by atoms with Crippen molar-refractivity contribution in [3.8, 4) is 0 Å². The quantitative estimate of drug-likeness (QED) is 0.246. The number of hydrogen-bond donors (Lipinski definition) is 0. The third kappa shape index (κ3) is 6.70. The van der Waals surface area contributed by atoms with E-state index in [9.17, 15) is 0 Å². The highest BCUT2D eigenvalue weighted by molar-refractivity contribution is 14.1. The molecule has 0 unspecified atom stereocenters. The predicted molar refractivity (Wildman–Crippen MR) is 114 cm³/mol. The lowest BCUT2D eigenvalue weighted by Gasteiger charge is -2.38. The highest BCUT2D eigenvalue weighted by Gasteiger charge is 2.39. The van der Waals surface area contributed by atoms with Crippen LogP contribution in [0.2, 0.25) is 18.1 Å². The van der Waals surface area contributed by atoms with Crippen molar-refractivity contribution in [1.29, 1.82) is 0 Å². The summed E-state index contributed by atoms with van der Waals surface area (Å²) in [6.07, 6.45) is 2.78. The van der Waals surface area contributed by atoms with E-state index in [4.69, 9.17) is 4.43 Å². The number of halogens is 1. The molecule has 0 N–H and O–H groups in total. The molecule has 1 aromatic rings. The average molecular weight is 464 g/mol. The highest BCUT2D eigenvalue weighted by Crippen LogP contribution is 2.39. The molecule has 5 heteroatoms. The van der Waals surface area contributed by atoms with Crippen molar-refractivity contribution in [2.75, 3.05) is 0 Å². The maximum Gasteiger partial charge on any atom is 0.250 e. The molecule has 130 valence electrons. The Morgan fingerprint density at radius 1 is 1.35 bits per heavy atom. The first-order valence-electron chi connectivity index (χ1n) is 8.04. The van der Waals surface area contributed by atoms with Crippen LogP contribution in [0.1, 0.15) is 51.2 Å². The summed E-state index contributed by atoms with van der Waals surface area (Å²) in [4.78, 5) is 4.59. The first-order chi connectivity index (χ1) is 10.4. The SMILES string of the molecule is C=C(I)CCC(O[Si](C)(C)C(C)(C)C)=C(C)Cc1csc(C)n1. The number of aryl methyl sites for hydroxylation is 1. The van der Waals surface area contributed by atoms with Gasteiger partial charge < -0.3 is 4.43 Å². The second-order valence-electron chi connectivity index (χ2n) is 7.62. The van der Waals surface area contributed by atoms with E-state index >= 15 is 0 Å². The summed E-state index contributed by atoms with van der Waals surface area (Å²) in [6, 6.07) is 0. The summed E-state index contributed by atoms with van der Waals surface area (Å²) < 4.78 is 7.82. The smallest absolute Gasteiger partial charge is 0.250 e. The number of allylic oxidation sites excluding steroid dienone is 3. The second-order valence-corrected chi connectivity index (χ2v) is 14.9. The van der Waals surface area contributed by atoms with Crippen LogP contribution in [-0.2, 0) is 10.8 Å². The maximum atomic E-state index is 6.64. The predicted octanol–water partition coefficient (Wildman–Crippen LogP) is 7.02. The van der Waals surface area contributed by atoms with Gasteiger partial charge in [-0.3, -0.25) is 0 Å². The fraction of sp³-hybridized carbons (Fsp3) is 0.611. The standard InChI is InChI=1S/C18H30INOSSi/c1-13(11-16-12-22-15(3)20-16)17(10-9-14(2)19)21-23(7,8)18(4,5)6/h12H,2,9-11H2,1,3-8H3. The van der Waals surface area contributed by atoms with E-state index in [1.807, 2.05) is 0 Å². The fourth-order valence-electron chi connectivity index (χ4n) is 1.92. The van der Waals surface area contributed by atoms with E-state index in [0.29, 0.717) is 0 Å². The van der Waals surface area contributed by atoms with Gasteiger partial charge in [-0.05, 0) is 70.1 Å². The van der Waals surface area contributed by atoms with Crippen LogP contribution in [-0.4, -0.2) is 13.3 Å². The molecule has 0 saturated heterocycles. The third-order valence-electron chi connectivity index (χ3n) is 4.40. The van der Waals surface area contributed by atoms with E-state index in [0.717, 1.165) is 35.7 Å². The topological polar surface area (TPSA) is 22.1 Å². The van der Waals surface area contributed by atoms with Crippen molar-refractivity contribution in [3.63, 3.8) is 0 Å². The molecule has 2 nitrogen and oxygen atoms in total. The zero-order chi connectivity index (χ0) is 17.8. The molecule has 0 spiro atoms. The summed E-state index contributed by atoms with van der Waals surface area (Å²) in [7, 11) is -1.82. The molecule has 0 aliphatic heterocycles. The molecule has 0 amide bonds. The highest BCUT2D eigenvalue weighted by atomic mass is 127. The van der Waals surface area contributed by atoms with E-state index in [2.05, 4.69) is 87.2 Å². The molecule has 0 aliphatic carbocycles. The van der Waals surface area contributed by atoms with Crippen LogP contribution in [0.15, 0.2) is 26.9 Å². The monoisotopic (exact) mass is 463 g/mol. The first-order valence-corrected chi connectivity index (χ1v) is 12.9. The van der Waals surface area contributed by atoms with E-state index in [1.54, 1.807) is 11.3 Å². The van der Waals surface area contributed by atoms with Crippen LogP contribution >= 0.6 is 33.9 Å². The van der Waals surface area contributed by atoms with Crippen molar-refractivity contribution in [1.82, 2.24) is 4.98 Å². The first kappa shape index (κ1) is 20.9. The molecule has 1 rings (SSSR count). The third-order valence-corrected chi connectivity index (χ3v) is 10.1. The van der Waals surface area contributed by atoms with Gasteiger partial charge in [0.25, 0.3) is 0 Å². The largest absolute Gasteiger partial charge is 0.547 e. The van der Waals surface area contributed by atoms with Crippen molar-refractivity contribution < 1.29 is 4.43 Å². The van der Waals surface area contributed by atoms with Crippen LogP contribution in [0, 0.1) is 6.92 Å². The van der Waals surface area contributed by atoms with Crippen LogP contribution in [0.25, 0.3) is 0 Å². The van der Waals surface area contributed by atoms with Crippen molar-refractivity contribution in [3.05, 3.63) is 37.6 Å². The Hall–Kier alpha value is -0.143. The molecule has 0 bridgehead atoms. The number of nitrogens with zero attached hydrogens (tertiary/aromatic N) is 1. The molecule has 0 saturated carbocycles. The van der Waals surface area contributed by atoms with E-state index < -0.39 is 8.32 Å². The van der Waals surface area contributed by atoms with Gasteiger partial charge in [-0.25, -0.2) is 4.98 Å². The van der Waals surface area contributed by atoms with E-state index in [-0.39, 0.29) is 5.04 Å². The zero-order valence-electron chi connectivity index (χ0n) is 15.5. The van der Waals surface area contributed by atoms with Gasteiger partial charge >= 0.3 is 0 Å². The molecule has 0 fully saturated rings. The summed E-state index contributed by atoms with van der Waals surface area (Å²) in [6.45, 7) is 19.7. The Bertz CT molecular complexity index is 584. The summed E-state index contributed by atoms with van der Waals surface area (Å²) in [5, 5.41) is 3.48. The average Bonchev–Trinajstić information content (AvgIpc) is 2.78. The molecular formula is C18H30INOSSi. The van der Waals surface area contributed by atoms with E-state index in [1.165, 1.54) is 9.15 Å². The molecule has 23 heavy (non-hydrogen) atoms. The zero-order valence-corrected chi connectivity index (χ0v) is 19.5. The van der Waals surface area contributed by atoms with Crippen LogP contribution < -0.4 is 0 Å². The maximum absolute atomic E-state index is 6.64. The van der Waals surface area contributed by atoms with Gasteiger partial charge in [-0.2, -0.15) is 0 Å². The van der Waals surface area contributed by atoms with Crippen LogP contribution in [0.5, 0.6) is 0 Å². The number of hydrogen-bond acceptors (Lipinski definition) is 3. The van der Waals surface area contributed by atoms with Gasteiger partial charge in [0.15, 0.2) is 0 Å². The van der Waals surface area contributed by atoms with Gasteiger partial charge in [-0.15, -0.1) is 11.3 Å². The van der Waals surface area contributed by atoms with Crippen molar-refractivity contribution in [2.24, 2.45) is 0 Å². The minimum Gasteiger partial charge on any atom is -0.547 e. The van der Waals surface area contributed by atoms with Gasteiger partial charge in [0, 0.05) is 18.2 Å². The molecule has 0 aliphatic rings. The minimum absolute atomic E-state index is 0.205. The molecule has 1 heterocycles. The normalized spacial score (nSPS) is 13.7. The Kier molecular flexibility index (Phi) is 7.54. The Morgan fingerprint density at radius 2 is 1.96 bits per heavy atom. The molecular weight excluding hydrogens is 433 g/mol. The Morgan fingerprint density at radius 3 is 2.39 bits per heavy atom. The van der Waals surface area contributed by atoms with Gasteiger partial charge in [0.2, 0.25) is 8.32 Å². The van der Waals surface area contributed by atoms with Crippen LogP contribution in [0.3, 0.4) is 0 Å². The van der Waals surface area contributed by atoms with Gasteiger partial charge in [-0.1, -0.05) is 27.4 Å². The lowest BCUT2D eigenvalue weighted by atomic mass is 10.1. The molecule has 0 radical (unpaired) electrons. The number of thiazole rings is 1. The Labute approximate surface area is 160 Å². The lowest BCUT2D eigenvalue weighted by molar-refractivity contribution is 0.360. The molecule has 0 atom stereocenters. The summed E-state index contributed by atoms with van der Waals surface area (Å²) in [5.74, 6) is 1.15. The summed E-state index contributed by atoms with van der Waals surface area (Å²) in [5.41, 5.74) is 2.45. The van der Waals surface area contributed by atoms with Gasteiger partial charge in [0.1, 0.15) is 0 Å². The Balaban J connectivity index is 3.02. The molecule has 1 aromatic heterocycles. The number of rotatable bonds is 7. The van der Waals surface area contributed by atoms with Crippen molar-refractivity contribution >= 4 is 42.2 Å². The lowest BCUT2D eigenvalue weighted by Crippen LogP contribution is -2.40. The van der Waals surface area contributed by atoms with Gasteiger partial charge in [0.05, 0.1) is 16.5 Å². The minimum atomic E-state index is -1.82.